The molecule has 20 heavy (non-hydrogen) atoms. The average Bonchev–Trinajstić information content (AvgIpc) is 2.38. The predicted octanol–water partition coefficient (Wildman–Crippen LogP) is 0.716. The van der Waals surface area contributed by atoms with Crippen molar-refractivity contribution >= 4 is 15.7 Å². The Morgan fingerprint density at radius 1 is 1.50 bits per heavy atom. The molecule has 1 heterocycles. The summed E-state index contributed by atoms with van der Waals surface area (Å²) >= 11 is 0. The second-order valence-corrected chi connectivity index (χ2v) is 6.50. The van der Waals surface area contributed by atoms with E-state index in [-0.39, 0.29) is 19.1 Å². The third kappa shape index (κ3) is 2.79. The zero-order valence-corrected chi connectivity index (χ0v) is 11.6. The molecule has 1 unspecified atom stereocenters. The normalized spacial score (nSPS) is 20.8. The van der Waals surface area contributed by atoms with Crippen molar-refractivity contribution in [3.05, 3.63) is 34.1 Å². The molecule has 0 amide bonds. The van der Waals surface area contributed by atoms with E-state index in [9.17, 15) is 22.9 Å². The van der Waals surface area contributed by atoms with Crippen molar-refractivity contribution in [1.82, 2.24) is 9.62 Å². The second kappa shape index (κ2) is 5.43. The number of sulfonamides is 1. The summed E-state index contributed by atoms with van der Waals surface area (Å²) in [6.45, 7) is 2.78. The summed E-state index contributed by atoms with van der Waals surface area (Å²) in [5.41, 5.74) is -0.477. The zero-order chi connectivity index (χ0) is 14.9. The number of halogens is 1. The minimum absolute atomic E-state index is 0.0281. The molecule has 0 saturated carbocycles. The second-order valence-electron chi connectivity index (χ2n) is 4.59. The van der Waals surface area contributed by atoms with Gasteiger partial charge in [-0.05, 0) is 13.0 Å². The minimum atomic E-state index is -3.97. The topological polar surface area (TPSA) is 92.5 Å². The maximum absolute atomic E-state index is 13.8. The van der Waals surface area contributed by atoms with Crippen LogP contribution in [0.4, 0.5) is 10.1 Å². The van der Waals surface area contributed by atoms with Gasteiger partial charge in [0, 0.05) is 31.7 Å². The van der Waals surface area contributed by atoms with E-state index in [0.717, 1.165) is 12.1 Å². The molecule has 1 atom stereocenters. The van der Waals surface area contributed by atoms with Gasteiger partial charge in [0.1, 0.15) is 10.7 Å². The molecule has 1 aliphatic heterocycles. The third-order valence-electron chi connectivity index (χ3n) is 3.08. The maximum Gasteiger partial charge on any atom is 0.272 e. The Morgan fingerprint density at radius 2 is 2.20 bits per heavy atom. The van der Waals surface area contributed by atoms with Crippen LogP contribution in [0.3, 0.4) is 0 Å². The number of piperazine rings is 1. The summed E-state index contributed by atoms with van der Waals surface area (Å²) in [5.74, 6) is -1.11. The molecule has 1 aliphatic rings. The van der Waals surface area contributed by atoms with Crippen molar-refractivity contribution in [2.24, 2.45) is 0 Å². The molecule has 0 aliphatic carbocycles. The lowest BCUT2D eigenvalue weighted by Gasteiger charge is -2.31. The van der Waals surface area contributed by atoms with Crippen molar-refractivity contribution in [2.45, 2.75) is 17.9 Å². The van der Waals surface area contributed by atoms with Crippen LogP contribution in [0.2, 0.25) is 0 Å². The molecule has 1 aromatic carbocycles. The highest BCUT2D eigenvalue weighted by Gasteiger charge is 2.31. The van der Waals surface area contributed by atoms with Gasteiger partial charge in [0.2, 0.25) is 10.0 Å². The molecule has 1 fully saturated rings. The summed E-state index contributed by atoms with van der Waals surface area (Å²) in [5, 5.41) is 13.6. The van der Waals surface area contributed by atoms with Crippen LogP contribution < -0.4 is 5.32 Å². The Kier molecular flexibility index (Phi) is 4.02. The zero-order valence-electron chi connectivity index (χ0n) is 10.7. The fourth-order valence-electron chi connectivity index (χ4n) is 2.07. The van der Waals surface area contributed by atoms with E-state index in [0.29, 0.717) is 12.6 Å². The summed E-state index contributed by atoms with van der Waals surface area (Å²) in [4.78, 5) is 9.23. The molecule has 7 nitrogen and oxygen atoms in total. The summed E-state index contributed by atoms with van der Waals surface area (Å²) in [6, 6.07) is 2.52. The van der Waals surface area contributed by atoms with Crippen molar-refractivity contribution in [3.8, 4) is 0 Å². The maximum atomic E-state index is 13.8. The van der Waals surface area contributed by atoms with Crippen molar-refractivity contribution in [1.29, 1.82) is 0 Å². The minimum Gasteiger partial charge on any atom is -0.312 e. The van der Waals surface area contributed by atoms with E-state index < -0.39 is 31.3 Å². The Morgan fingerprint density at radius 3 is 2.75 bits per heavy atom. The largest absolute Gasteiger partial charge is 0.312 e. The van der Waals surface area contributed by atoms with Gasteiger partial charge in [-0.15, -0.1) is 0 Å². The standard InChI is InChI=1S/C11H14FN3O4S/c1-8-7-14(5-4-13-8)20(18,19)11-3-2-9(15(16)17)6-10(11)12/h2-3,6,8,13H,4-5,7H2,1H3. The molecule has 0 bridgehead atoms. The monoisotopic (exact) mass is 303 g/mol. The molecule has 2 rings (SSSR count). The summed E-state index contributed by atoms with van der Waals surface area (Å²) in [7, 11) is -3.97. The van der Waals surface area contributed by atoms with E-state index in [1.165, 1.54) is 4.31 Å². The van der Waals surface area contributed by atoms with E-state index in [1.807, 2.05) is 6.92 Å². The molecule has 0 aromatic heterocycles. The Labute approximate surface area is 115 Å². The Bertz CT molecular complexity index is 635. The number of rotatable bonds is 3. The number of benzene rings is 1. The molecule has 1 N–H and O–H groups in total. The first-order valence-corrected chi connectivity index (χ1v) is 7.44. The lowest BCUT2D eigenvalue weighted by atomic mass is 10.3. The third-order valence-corrected chi connectivity index (χ3v) is 4.97. The van der Waals surface area contributed by atoms with Gasteiger partial charge in [-0.2, -0.15) is 4.31 Å². The van der Waals surface area contributed by atoms with Crippen LogP contribution in [0, 0.1) is 15.9 Å². The van der Waals surface area contributed by atoms with Gasteiger partial charge in [-0.25, -0.2) is 12.8 Å². The van der Waals surface area contributed by atoms with Crippen LogP contribution in [0.15, 0.2) is 23.1 Å². The Balaban J connectivity index is 2.36. The SMILES string of the molecule is CC1CN(S(=O)(=O)c2ccc([N+](=O)[O-])cc2F)CCN1. The van der Waals surface area contributed by atoms with Crippen LogP contribution in [-0.4, -0.2) is 43.3 Å². The van der Waals surface area contributed by atoms with Gasteiger partial charge >= 0.3 is 0 Å². The van der Waals surface area contributed by atoms with Crippen molar-refractivity contribution < 1.29 is 17.7 Å². The highest BCUT2D eigenvalue weighted by molar-refractivity contribution is 7.89. The quantitative estimate of drug-likeness (QED) is 0.656. The number of nitrogens with one attached hydrogen (secondary N) is 1. The van der Waals surface area contributed by atoms with Crippen LogP contribution in [0.5, 0.6) is 0 Å². The number of hydrogen-bond acceptors (Lipinski definition) is 5. The van der Waals surface area contributed by atoms with Crippen LogP contribution in [0.1, 0.15) is 6.92 Å². The first kappa shape index (κ1) is 14.8. The number of non-ortho nitro benzene ring substituents is 1. The first-order chi connectivity index (χ1) is 9.32. The molecular weight excluding hydrogens is 289 g/mol. The molecule has 110 valence electrons. The lowest BCUT2D eigenvalue weighted by molar-refractivity contribution is -0.385. The first-order valence-electron chi connectivity index (χ1n) is 6.00. The smallest absolute Gasteiger partial charge is 0.272 e. The molecule has 0 spiro atoms. The number of nitro groups is 1. The van der Waals surface area contributed by atoms with Gasteiger partial charge in [0.15, 0.2) is 0 Å². The summed E-state index contributed by atoms with van der Waals surface area (Å²) < 4.78 is 39.7. The van der Waals surface area contributed by atoms with Gasteiger partial charge in [-0.3, -0.25) is 10.1 Å². The van der Waals surface area contributed by atoms with Crippen LogP contribution in [0.25, 0.3) is 0 Å². The fraction of sp³-hybridized carbons (Fsp3) is 0.455. The van der Waals surface area contributed by atoms with Gasteiger partial charge < -0.3 is 5.32 Å². The van der Waals surface area contributed by atoms with Crippen LogP contribution in [-0.2, 0) is 10.0 Å². The number of hydrogen-bond donors (Lipinski definition) is 1. The average molecular weight is 303 g/mol. The van der Waals surface area contributed by atoms with E-state index in [1.54, 1.807) is 0 Å². The highest BCUT2D eigenvalue weighted by atomic mass is 32.2. The number of nitrogens with zero attached hydrogens (tertiary/aromatic N) is 2. The van der Waals surface area contributed by atoms with Gasteiger partial charge in [-0.1, -0.05) is 0 Å². The van der Waals surface area contributed by atoms with Crippen LogP contribution >= 0.6 is 0 Å². The van der Waals surface area contributed by atoms with Gasteiger partial charge in [0.05, 0.1) is 11.0 Å². The van der Waals surface area contributed by atoms with Crippen molar-refractivity contribution in [2.75, 3.05) is 19.6 Å². The van der Waals surface area contributed by atoms with E-state index in [4.69, 9.17) is 0 Å². The molecule has 9 heteroatoms. The molecule has 1 aromatic rings. The van der Waals surface area contributed by atoms with Gasteiger partial charge in [0.25, 0.3) is 5.69 Å². The molecule has 0 radical (unpaired) electrons. The molecule has 1 saturated heterocycles. The Hall–Kier alpha value is -1.58. The lowest BCUT2D eigenvalue weighted by Crippen LogP contribution is -2.51. The van der Waals surface area contributed by atoms with Crippen molar-refractivity contribution in [3.63, 3.8) is 0 Å². The summed E-state index contributed by atoms with van der Waals surface area (Å²) in [6.07, 6.45) is 0. The van der Waals surface area contributed by atoms with E-state index >= 15 is 0 Å². The fourth-order valence-corrected chi connectivity index (χ4v) is 3.64. The van der Waals surface area contributed by atoms with E-state index in [2.05, 4.69) is 5.32 Å². The molecular formula is C11H14FN3O4S. The predicted molar refractivity (Wildman–Crippen MR) is 69.3 cm³/mol. The number of nitro benzene ring substituents is 1. The highest BCUT2D eigenvalue weighted by Crippen LogP contribution is 2.24.